The van der Waals surface area contributed by atoms with Crippen LogP contribution in [0.1, 0.15) is 19.5 Å². The van der Waals surface area contributed by atoms with Crippen LogP contribution < -0.4 is 14.8 Å². The van der Waals surface area contributed by atoms with Gasteiger partial charge in [-0.3, -0.25) is 4.98 Å². The van der Waals surface area contributed by atoms with E-state index in [1.165, 1.54) is 0 Å². The lowest BCUT2D eigenvalue weighted by Crippen LogP contribution is -2.21. The largest absolute Gasteiger partial charge is 0.493 e. The van der Waals surface area contributed by atoms with E-state index in [4.69, 9.17) is 14.2 Å². The smallest absolute Gasteiger partial charge is 0.183 e. The van der Waals surface area contributed by atoms with E-state index in [1.54, 1.807) is 26.5 Å². The Balaban J connectivity index is 2.46. The monoisotopic (exact) mass is 254 g/mol. The maximum Gasteiger partial charge on any atom is 0.183 e. The molecule has 0 saturated carbocycles. The molecule has 0 fully saturated rings. The van der Waals surface area contributed by atoms with Gasteiger partial charge in [-0.15, -0.1) is 0 Å². The summed E-state index contributed by atoms with van der Waals surface area (Å²) in [5.41, 5.74) is 0.835. The van der Waals surface area contributed by atoms with Crippen LogP contribution in [-0.4, -0.2) is 38.5 Å². The Bertz CT molecular complexity index is 356. The van der Waals surface area contributed by atoms with Crippen molar-refractivity contribution in [3.63, 3.8) is 0 Å². The molecule has 1 aromatic heterocycles. The number of pyridine rings is 1. The predicted octanol–water partition coefficient (Wildman–Crippen LogP) is 1.61. The molecule has 1 rings (SSSR count). The van der Waals surface area contributed by atoms with Gasteiger partial charge in [-0.1, -0.05) is 0 Å². The first kappa shape index (κ1) is 14.7. The molecule has 0 saturated heterocycles. The average Bonchev–Trinajstić information content (AvgIpc) is 2.37. The molecule has 0 atom stereocenters. The highest BCUT2D eigenvalue weighted by Crippen LogP contribution is 2.28. The van der Waals surface area contributed by atoms with Crippen LogP contribution in [0.4, 0.5) is 0 Å². The Morgan fingerprint density at radius 1 is 1.28 bits per heavy atom. The molecule has 0 spiro atoms. The first-order valence-electron chi connectivity index (χ1n) is 6.07. The fraction of sp³-hybridized carbons (Fsp3) is 0.615. The van der Waals surface area contributed by atoms with Crippen molar-refractivity contribution >= 4 is 0 Å². The summed E-state index contributed by atoms with van der Waals surface area (Å²) in [6.07, 6.45) is 1.97. The number of aromatic nitrogens is 1. The van der Waals surface area contributed by atoms with E-state index in [0.717, 1.165) is 12.2 Å². The molecule has 0 amide bonds. The van der Waals surface area contributed by atoms with Crippen molar-refractivity contribution in [2.75, 3.05) is 27.4 Å². The average molecular weight is 254 g/mol. The number of nitrogens with zero attached hydrogens (tertiary/aromatic N) is 1. The Morgan fingerprint density at radius 3 is 2.67 bits per heavy atom. The number of methoxy groups -OCH3 is 2. The zero-order valence-electron chi connectivity index (χ0n) is 11.5. The van der Waals surface area contributed by atoms with Crippen LogP contribution in [0.25, 0.3) is 0 Å². The summed E-state index contributed by atoms with van der Waals surface area (Å²) >= 11 is 0. The van der Waals surface area contributed by atoms with Crippen LogP contribution in [0.15, 0.2) is 12.3 Å². The van der Waals surface area contributed by atoms with Crippen LogP contribution in [0.5, 0.6) is 11.5 Å². The molecular formula is C13H22N2O3. The predicted molar refractivity (Wildman–Crippen MR) is 70.1 cm³/mol. The van der Waals surface area contributed by atoms with Crippen LogP contribution in [0, 0.1) is 0 Å². The van der Waals surface area contributed by atoms with Gasteiger partial charge in [0.2, 0.25) is 0 Å². The Kier molecular flexibility index (Phi) is 6.46. The Hall–Kier alpha value is -1.33. The van der Waals surface area contributed by atoms with E-state index in [1.807, 2.05) is 13.8 Å². The number of nitrogens with one attached hydrogen (secondary N) is 1. The third kappa shape index (κ3) is 4.50. The number of hydrogen-bond acceptors (Lipinski definition) is 5. The van der Waals surface area contributed by atoms with Gasteiger partial charge in [0.15, 0.2) is 11.5 Å². The molecule has 5 heteroatoms. The first-order chi connectivity index (χ1) is 8.69. The van der Waals surface area contributed by atoms with E-state index in [-0.39, 0.29) is 6.10 Å². The molecule has 102 valence electrons. The lowest BCUT2D eigenvalue weighted by Gasteiger charge is -2.12. The maximum absolute atomic E-state index is 5.44. The number of hydrogen-bond donors (Lipinski definition) is 1. The third-order valence-corrected chi connectivity index (χ3v) is 2.39. The van der Waals surface area contributed by atoms with Gasteiger partial charge >= 0.3 is 0 Å². The van der Waals surface area contributed by atoms with Gasteiger partial charge < -0.3 is 19.5 Å². The van der Waals surface area contributed by atoms with Crippen molar-refractivity contribution in [2.45, 2.75) is 26.5 Å². The summed E-state index contributed by atoms with van der Waals surface area (Å²) in [6, 6.07) is 1.78. The molecule has 1 heterocycles. The Morgan fingerprint density at radius 2 is 2.06 bits per heavy atom. The van der Waals surface area contributed by atoms with Gasteiger partial charge in [-0.05, 0) is 13.8 Å². The van der Waals surface area contributed by atoms with Gasteiger partial charge in [0, 0.05) is 25.4 Å². The highest BCUT2D eigenvalue weighted by Gasteiger charge is 2.10. The van der Waals surface area contributed by atoms with Crippen molar-refractivity contribution in [1.29, 1.82) is 0 Å². The molecule has 0 bridgehead atoms. The summed E-state index contributed by atoms with van der Waals surface area (Å²) in [5.74, 6) is 1.38. The van der Waals surface area contributed by atoms with E-state index < -0.39 is 0 Å². The third-order valence-electron chi connectivity index (χ3n) is 2.39. The SMILES string of the molecule is COc1ccnc(CNCCOC(C)C)c1OC. The van der Waals surface area contributed by atoms with Crippen molar-refractivity contribution in [3.05, 3.63) is 18.0 Å². The highest BCUT2D eigenvalue weighted by molar-refractivity contribution is 5.42. The van der Waals surface area contributed by atoms with Crippen LogP contribution in [0.2, 0.25) is 0 Å². The Labute approximate surface area is 108 Å². The molecule has 0 aromatic carbocycles. The van der Waals surface area contributed by atoms with Crippen LogP contribution in [-0.2, 0) is 11.3 Å². The van der Waals surface area contributed by atoms with Crippen molar-refractivity contribution in [3.8, 4) is 11.5 Å². The number of ether oxygens (including phenoxy) is 3. The topological polar surface area (TPSA) is 52.6 Å². The molecular weight excluding hydrogens is 232 g/mol. The zero-order chi connectivity index (χ0) is 13.4. The highest BCUT2D eigenvalue weighted by atomic mass is 16.5. The molecule has 18 heavy (non-hydrogen) atoms. The second-order valence-corrected chi connectivity index (χ2v) is 4.09. The van der Waals surface area contributed by atoms with Crippen LogP contribution in [0.3, 0.4) is 0 Å². The molecule has 1 aromatic rings. The van der Waals surface area contributed by atoms with Gasteiger partial charge in [-0.25, -0.2) is 0 Å². The number of rotatable bonds is 8. The van der Waals surface area contributed by atoms with Crippen molar-refractivity contribution in [1.82, 2.24) is 10.3 Å². The molecule has 0 unspecified atom stereocenters. The lowest BCUT2D eigenvalue weighted by atomic mass is 10.3. The van der Waals surface area contributed by atoms with Gasteiger partial charge in [0.25, 0.3) is 0 Å². The van der Waals surface area contributed by atoms with Gasteiger partial charge in [-0.2, -0.15) is 0 Å². The molecule has 0 aliphatic heterocycles. The van der Waals surface area contributed by atoms with E-state index in [0.29, 0.717) is 24.7 Å². The summed E-state index contributed by atoms with van der Waals surface area (Å²) in [4.78, 5) is 4.28. The molecule has 0 radical (unpaired) electrons. The summed E-state index contributed by atoms with van der Waals surface area (Å²) in [6.45, 7) is 6.13. The van der Waals surface area contributed by atoms with E-state index >= 15 is 0 Å². The summed E-state index contributed by atoms with van der Waals surface area (Å²) in [7, 11) is 3.23. The summed E-state index contributed by atoms with van der Waals surface area (Å²) < 4.78 is 16.0. The van der Waals surface area contributed by atoms with Crippen LogP contribution >= 0.6 is 0 Å². The summed E-state index contributed by atoms with van der Waals surface area (Å²) in [5, 5.41) is 3.26. The van der Waals surface area contributed by atoms with Crippen molar-refractivity contribution in [2.24, 2.45) is 0 Å². The quantitative estimate of drug-likeness (QED) is 0.714. The standard InChI is InChI=1S/C13H22N2O3/c1-10(2)18-8-7-14-9-11-13(17-4)12(16-3)5-6-15-11/h5-6,10,14H,7-9H2,1-4H3. The minimum atomic E-state index is 0.260. The minimum Gasteiger partial charge on any atom is -0.493 e. The van der Waals surface area contributed by atoms with Gasteiger partial charge in [0.1, 0.15) is 0 Å². The first-order valence-corrected chi connectivity index (χ1v) is 6.07. The second-order valence-electron chi connectivity index (χ2n) is 4.09. The lowest BCUT2D eigenvalue weighted by molar-refractivity contribution is 0.0806. The molecule has 1 N–H and O–H groups in total. The van der Waals surface area contributed by atoms with E-state index in [9.17, 15) is 0 Å². The second kappa shape index (κ2) is 7.89. The maximum atomic E-state index is 5.44. The van der Waals surface area contributed by atoms with Gasteiger partial charge in [0.05, 0.1) is 32.6 Å². The van der Waals surface area contributed by atoms with E-state index in [2.05, 4.69) is 10.3 Å². The molecule has 0 aliphatic carbocycles. The fourth-order valence-corrected chi connectivity index (χ4v) is 1.55. The van der Waals surface area contributed by atoms with Crippen molar-refractivity contribution < 1.29 is 14.2 Å². The molecule has 0 aliphatic rings. The fourth-order valence-electron chi connectivity index (χ4n) is 1.55. The minimum absolute atomic E-state index is 0.260. The molecule has 5 nitrogen and oxygen atoms in total. The normalized spacial score (nSPS) is 10.7. The zero-order valence-corrected chi connectivity index (χ0v) is 11.5.